The Morgan fingerprint density at radius 2 is 1.31 bits per heavy atom. The fraction of sp³-hybridized carbons (Fsp3) is 0.348. The summed E-state index contributed by atoms with van der Waals surface area (Å²) in [6.07, 6.45) is 4.76. The molecule has 0 spiro atoms. The highest BCUT2D eigenvalue weighted by molar-refractivity contribution is 5.80. The van der Waals surface area contributed by atoms with Gasteiger partial charge in [-0.1, -0.05) is 87.4 Å². The average Bonchev–Trinajstić information content (AvgIpc) is 3.15. The van der Waals surface area contributed by atoms with Crippen LogP contribution in [0.5, 0.6) is 0 Å². The van der Waals surface area contributed by atoms with Crippen molar-refractivity contribution < 1.29 is 0 Å². The Bertz CT molecular complexity index is 713. The van der Waals surface area contributed by atoms with Crippen molar-refractivity contribution in [3.63, 3.8) is 0 Å². The van der Waals surface area contributed by atoms with E-state index in [4.69, 9.17) is 4.98 Å². The fourth-order valence-electron chi connectivity index (χ4n) is 3.15. The van der Waals surface area contributed by atoms with Crippen molar-refractivity contribution in [3.8, 4) is 22.5 Å². The van der Waals surface area contributed by atoms with Crippen LogP contribution in [0.3, 0.4) is 0 Å². The Hall–Kier alpha value is -2.55. The van der Waals surface area contributed by atoms with E-state index in [2.05, 4.69) is 78.3 Å². The van der Waals surface area contributed by atoms with Gasteiger partial charge in [0.2, 0.25) is 5.95 Å². The van der Waals surface area contributed by atoms with Gasteiger partial charge in [-0.15, -0.1) is 0 Å². The van der Waals surface area contributed by atoms with Gasteiger partial charge in [-0.25, -0.2) is 4.98 Å². The summed E-state index contributed by atoms with van der Waals surface area (Å²) in [5.41, 5.74) is 4.46. The minimum Gasteiger partial charge on any atom is -0.342 e. The number of unbranched alkanes of at least 4 members (excludes halogenated alkanes) is 2. The van der Waals surface area contributed by atoms with Gasteiger partial charge in [-0.05, 0) is 12.8 Å². The topological polar surface area (TPSA) is 31.9 Å². The summed E-state index contributed by atoms with van der Waals surface area (Å²) in [5.74, 6) is 0.990. The maximum Gasteiger partial charge on any atom is 0.203 e. The Morgan fingerprint density at radius 3 is 1.85 bits per heavy atom. The zero-order valence-electron chi connectivity index (χ0n) is 15.9. The third kappa shape index (κ3) is 4.34. The van der Waals surface area contributed by atoms with Gasteiger partial charge in [-0.3, -0.25) is 0 Å². The number of nitrogens with one attached hydrogen (secondary N) is 1. The molecule has 26 heavy (non-hydrogen) atoms. The molecule has 2 aromatic carbocycles. The molecule has 0 amide bonds. The van der Waals surface area contributed by atoms with Crippen LogP contribution in [0.15, 0.2) is 60.7 Å². The third-order valence-corrected chi connectivity index (χ3v) is 4.66. The number of anilines is 1. The van der Waals surface area contributed by atoms with Crippen LogP contribution in [0, 0.1) is 0 Å². The van der Waals surface area contributed by atoms with Crippen LogP contribution in [0.25, 0.3) is 22.5 Å². The van der Waals surface area contributed by atoms with Crippen molar-refractivity contribution in [1.82, 2.24) is 9.97 Å². The lowest BCUT2D eigenvalue weighted by Crippen LogP contribution is -2.26. The minimum absolute atomic E-state index is 0.990. The third-order valence-electron chi connectivity index (χ3n) is 4.66. The number of nitrogens with zero attached hydrogens (tertiary/aromatic N) is 2. The normalized spacial score (nSPS) is 10.8. The summed E-state index contributed by atoms with van der Waals surface area (Å²) in [6.45, 7) is 6.58. The minimum atomic E-state index is 0.990. The van der Waals surface area contributed by atoms with Gasteiger partial charge >= 0.3 is 0 Å². The van der Waals surface area contributed by atoms with E-state index in [1.807, 2.05) is 6.07 Å². The van der Waals surface area contributed by atoms with Crippen molar-refractivity contribution in [3.05, 3.63) is 60.7 Å². The summed E-state index contributed by atoms with van der Waals surface area (Å²) in [5, 5.41) is 0. The van der Waals surface area contributed by atoms with Crippen LogP contribution in [-0.4, -0.2) is 23.1 Å². The predicted octanol–water partition coefficient (Wildman–Crippen LogP) is 6.15. The Labute approximate surface area is 157 Å². The first-order valence-electron chi connectivity index (χ1n) is 9.79. The molecule has 1 aromatic heterocycles. The second-order valence-electron chi connectivity index (χ2n) is 6.71. The molecule has 136 valence electrons. The van der Waals surface area contributed by atoms with Crippen LogP contribution in [0.2, 0.25) is 0 Å². The molecule has 3 heteroatoms. The highest BCUT2D eigenvalue weighted by Crippen LogP contribution is 2.32. The van der Waals surface area contributed by atoms with E-state index >= 15 is 0 Å². The highest BCUT2D eigenvalue weighted by atomic mass is 15.3. The molecule has 0 radical (unpaired) electrons. The van der Waals surface area contributed by atoms with Gasteiger partial charge in [0.15, 0.2) is 0 Å². The highest BCUT2D eigenvalue weighted by Gasteiger charge is 2.17. The van der Waals surface area contributed by atoms with E-state index in [0.29, 0.717) is 0 Å². The second kappa shape index (κ2) is 9.23. The maximum atomic E-state index is 5.03. The molecule has 0 saturated carbocycles. The first-order valence-corrected chi connectivity index (χ1v) is 9.79. The largest absolute Gasteiger partial charge is 0.342 e. The lowest BCUT2D eigenvalue weighted by atomic mass is 10.1. The molecule has 0 unspecified atom stereocenters. The van der Waals surface area contributed by atoms with Gasteiger partial charge < -0.3 is 9.88 Å². The van der Waals surface area contributed by atoms with Gasteiger partial charge in [-0.2, -0.15) is 0 Å². The smallest absolute Gasteiger partial charge is 0.203 e. The Morgan fingerprint density at radius 1 is 0.769 bits per heavy atom. The quantitative estimate of drug-likeness (QED) is 0.503. The molecule has 0 bridgehead atoms. The van der Waals surface area contributed by atoms with Crippen molar-refractivity contribution in [2.45, 2.75) is 39.5 Å². The molecule has 0 aliphatic heterocycles. The van der Waals surface area contributed by atoms with Crippen molar-refractivity contribution in [1.29, 1.82) is 0 Å². The number of H-pyrrole nitrogens is 1. The number of aromatic nitrogens is 2. The van der Waals surface area contributed by atoms with E-state index in [1.54, 1.807) is 0 Å². The molecular formula is C23H29N3. The second-order valence-corrected chi connectivity index (χ2v) is 6.71. The molecule has 3 nitrogen and oxygen atoms in total. The van der Waals surface area contributed by atoms with Crippen LogP contribution < -0.4 is 4.90 Å². The van der Waals surface area contributed by atoms with Crippen LogP contribution >= 0.6 is 0 Å². The van der Waals surface area contributed by atoms with E-state index in [-0.39, 0.29) is 0 Å². The van der Waals surface area contributed by atoms with Crippen LogP contribution in [0.1, 0.15) is 39.5 Å². The summed E-state index contributed by atoms with van der Waals surface area (Å²) in [4.78, 5) is 11.1. The summed E-state index contributed by atoms with van der Waals surface area (Å²) >= 11 is 0. The molecule has 0 fully saturated rings. The van der Waals surface area contributed by atoms with Crippen molar-refractivity contribution in [2.24, 2.45) is 0 Å². The Kier molecular flexibility index (Phi) is 6.48. The van der Waals surface area contributed by atoms with Gasteiger partial charge in [0.25, 0.3) is 0 Å². The standard InChI is InChI=1S/C23H29N3/c1-3-5-17-26(18-6-4-2)23-24-21(19-13-9-7-10-14-19)22(25-23)20-15-11-8-12-16-20/h7-16H,3-6,17-18H2,1-2H3,(H,24,25). The molecule has 3 aromatic rings. The first kappa shape index (κ1) is 18.2. The molecule has 0 atom stereocenters. The van der Waals surface area contributed by atoms with E-state index in [9.17, 15) is 0 Å². The molecule has 0 aliphatic rings. The van der Waals surface area contributed by atoms with E-state index < -0.39 is 0 Å². The van der Waals surface area contributed by atoms with Crippen LogP contribution in [-0.2, 0) is 0 Å². The number of hydrogen-bond donors (Lipinski definition) is 1. The van der Waals surface area contributed by atoms with Gasteiger partial charge in [0.05, 0.1) is 11.4 Å². The lowest BCUT2D eigenvalue weighted by Gasteiger charge is -2.21. The van der Waals surface area contributed by atoms with E-state index in [1.165, 1.54) is 31.2 Å². The number of imidazole rings is 1. The van der Waals surface area contributed by atoms with Crippen molar-refractivity contribution in [2.75, 3.05) is 18.0 Å². The summed E-state index contributed by atoms with van der Waals surface area (Å²) in [6, 6.07) is 21.0. The number of benzene rings is 2. The molecule has 1 N–H and O–H groups in total. The maximum absolute atomic E-state index is 5.03. The molecule has 0 aliphatic carbocycles. The Balaban J connectivity index is 2.02. The van der Waals surface area contributed by atoms with Crippen molar-refractivity contribution >= 4 is 5.95 Å². The zero-order valence-corrected chi connectivity index (χ0v) is 15.9. The van der Waals surface area contributed by atoms with Gasteiger partial charge in [0.1, 0.15) is 0 Å². The molecule has 0 saturated heterocycles. The van der Waals surface area contributed by atoms with E-state index in [0.717, 1.165) is 36.0 Å². The first-order chi connectivity index (χ1) is 12.8. The van der Waals surface area contributed by atoms with Crippen LogP contribution in [0.4, 0.5) is 5.95 Å². The predicted molar refractivity (Wildman–Crippen MR) is 111 cm³/mol. The fourth-order valence-corrected chi connectivity index (χ4v) is 3.15. The monoisotopic (exact) mass is 347 g/mol. The SMILES string of the molecule is CCCCN(CCCC)c1nc(-c2ccccc2)c(-c2ccccc2)[nH]1. The number of hydrogen-bond acceptors (Lipinski definition) is 2. The molecule has 1 heterocycles. The average molecular weight is 348 g/mol. The summed E-state index contributed by atoms with van der Waals surface area (Å²) < 4.78 is 0. The zero-order chi connectivity index (χ0) is 18.2. The lowest BCUT2D eigenvalue weighted by molar-refractivity contribution is 0.666. The number of rotatable bonds is 9. The summed E-state index contributed by atoms with van der Waals surface area (Å²) in [7, 11) is 0. The van der Waals surface area contributed by atoms with Gasteiger partial charge in [0, 0.05) is 24.2 Å². The molecular weight excluding hydrogens is 318 g/mol. The number of aromatic amines is 1. The molecule has 3 rings (SSSR count).